The Bertz CT molecular complexity index is 542. The summed E-state index contributed by atoms with van der Waals surface area (Å²) in [6, 6.07) is 0. The smallest absolute Gasteiger partial charge is 0.194 e. The summed E-state index contributed by atoms with van der Waals surface area (Å²) in [6.07, 6.45) is 1.01. The number of guanidine groups is 1. The quantitative estimate of drug-likeness (QED) is 0.689. The molecule has 0 spiro atoms. The minimum atomic E-state index is 0.145. The molecule has 0 aromatic carbocycles. The predicted molar refractivity (Wildman–Crippen MR) is 91.2 cm³/mol. The van der Waals surface area contributed by atoms with Crippen LogP contribution in [0.4, 0.5) is 0 Å². The summed E-state index contributed by atoms with van der Waals surface area (Å²) in [5.41, 5.74) is 1.64. The van der Waals surface area contributed by atoms with E-state index in [0.717, 1.165) is 30.5 Å². The number of rotatable bonds is 3. The van der Waals surface area contributed by atoms with Gasteiger partial charge in [0.15, 0.2) is 5.96 Å². The molecule has 1 aliphatic heterocycles. The van der Waals surface area contributed by atoms with E-state index in [0.29, 0.717) is 5.41 Å². The van der Waals surface area contributed by atoms with Crippen LogP contribution in [0.25, 0.3) is 0 Å². The van der Waals surface area contributed by atoms with Gasteiger partial charge in [-0.1, -0.05) is 13.8 Å². The molecule has 1 N–H and O–H groups in total. The van der Waals surface area contributed by atoms with Crippen LogP contribution in [0.15, 0.2) is 4.99 Å². The van der Waals surface area contributed by atoms with E-state index >= 15 is 0 Å². The molecule has 0 bridgehead atoms. The number of aryl methyl sites for hydroxylation is 2. The van der Waals surface area contributed by atoms with E-state index in [9.17, 15) is 0 Å². The van der Waals surface area contributed by atoms with E-state index < -0.39 is 0 Å². The summed E-state index contributed by atoms with van der Waals surface area (Å²) >= 11 is 1.80. The Morgan fingerprint density at radius 1 is 1.33 bits per heavy atom. The second kappa shape index (κ2) is 5.59. The third-order valence-electron chi connectivity index (χ3n) is 4.99. The molecule has 0 atom stereocenters. The van der Waals surface area contributed by atoms with Crippen LogP contribution in [0.3, 0.4) is 0 Å². The molecule has 2 rings (SSSR count). The van der Waals surface area contributed by atoms with Gasteiger partial charge in [0, 0.05) is 42.4 Å². The standard InChI is InChI=1S/C16H28N4S/c1-11-13(21-12(2)19-11)8-9-18-14(17-7)20-10-15(3,4)16(20,5)6/h8-10H2,1-7H3,(H,17,18). The molecular formula is C16H28N4S. The number of nitrogens with zero attached hydrogens (tertiary/aromatic N) is 3. The van der Waals surface area contributed by atoms with Gasteiger partial charge < -0.3 is 10.2 Å². The third-order valence-corrected chi connectivity index (χ3v) is 6.12. The van der Waals surface area contributed by atoms with Gasteiger partial charge in [-0.15, -0.1) is 11.3 Å². The molecular weight excluding hydrogens is 280 g/mol. The first-order chi connectivity index (χ1) is 9.69. The van der Waals surface area contributed by atoms with Crippen LogP contribution in [0.5, 0.6) is 0 Å². The van der Waals surface area contributed by atoms with Crippen molar-refractivity contribution in [3.05, 3.63) is 15.6 Å². The van der Waals surface area contributed by atoms with Gasteiger partial charge in [-0.25, -0.2) is 4.98 Å². The average molecular weight is 308 g/mol. The molecule has 1 fully saturated rings. The van der Waals surface area contributed by atoms with Gasteiger partial charge in [0.1, 0.15) is 0 Å². The fraction of sp³-hybridized carbons (Fsp3) is 0.750. The fourth-order valence-electron chi connectivity index (χ4n) is 2.79. The molecule has 0 saturated carbocycles. The van der Waals surface area contributed by atoms with Crippen molar-refractivity contribution in [2.75, 3.05) is 20.1 Å². The Balaban J connectivity index is 1.92. The van der Waals surface area contributed by atoms with Crippen molar-refractivity contribution in [3.8, 4) is 0 Å². The van der Waals surface area contributed by atoms with E-state index in [1.54, 1.807) is 11.3 Å². The maximum absolute atomic E-state index is 4.48. The van der Waals surface area contributed by atoms with Gasteiger partial charge in [0.25, 0.3) is 0 Å². The Kier molecular flexibility index (Phi) is 4.34. The molecule has 118 valence electrons. The van der Waals surface area contributed by atoms with Crippen molar-refractivity contribution in [2.24, 2.45) is 10.4 Å². The van der Waals surface area contributed by atoms with Crippen molar-refractivity contribution in [1.82, 2.24) is 15.2 Å². The lowest BCUT2D eigenvalue weighted by Gasteiger charge is -2.62. The number of thiazole rings is 1. The molecule has 0 amide bonds. The summed E-state index contributed by atoms with van der Waals surface area (Å²) in [6.45, 7) is 15.3. The highest BCUT2D eigenvalue weighted by atomic mass is 32.1. The molecule has 1 aliphatic rings. The Morgan fingerprint density at radius 2 is 2.00 bits per heavy atom. The average Bonchev–Trinajstić information content (AvgIpc) is 2.71. The molecule has 1 aromatic rings. The highest BCUT2D eigenvalue weighted by Gasteiger charge is 2.53. The largest absolute Gasteiger partial charge is 0.356 e. The first kappa shape index (κ1) is 16.3. The lowest BCUT2D eigenvalue weighted by Crippen LogP contribution is -2.72. The highest BCUT2D eigenvalue weighted by Crippen LogP contribution is 2.46. The molecule has 1 saturated heterocycles. The number of aliphatic imine (C=N–C) groups is 1. The zero-order valence-electron chi connectivity index (χ0n) is 14.4. The van der Waals surface area contributed by atoms with Gasteiger partial charge in [-0.05, 0) is 27.7 Å². The van der Waals surface area contributed by atoms with Crippen LogP contribution in [0.2, 0.25) is 0 Å². The van der Waals surface area contributed by atoms with E-state index in [4.69, 9.17) is 0 Å². The first-order valence-electron chi connectivity index (χ1n) is 7.60. The van der Waals surface area contributed by atoms with E-state index in [1.165, 1.54) is 10.6 Å². The number of hydrogen-bond acceptors (Lipinski definition) is 3. The van der Waals surface area contributed by atoms with Crippen LogP contribution < -0.4 is 5.32 Å². The van der Waals surface area contributed by atoms with Crippen LogP contribution in [-0.2, 0) is 6.42 Å². The van der Waals surface area contributed by atoms with Gasteiger partial charge in [0.2, 0.25) is 0 Å². The summed E-state index contributed by atoms with van der Waals surface area (Å²) in [5, 5.41) is 4.66. The molecule has 5 heteroatoms. The van der Waals surface area contributed by atoms with E-state index in [1.807, 2.05) is 7.05 Å². The normalized spacial score (nSPS) is 20.3. The SMILES string of the molecule is CN=C(NCCc1sc(C)nc1C)N1CC(C)(C)C1(C)C. The topological polar surface area (TPSA) is 40.5 Å². The monoisotopic (exact) mass is 308 g/mol. The molecule has 0 radical (unpaired) electrons. The lowest BCUT2D eigenvalue weighted by atomic mass is 9.65. The summed E-state index contributed by atoms with van der Waals surface area (Å²) in [5.74, 6) is 1.01. The van der Waals surface area contributed by atoms with Gasteiger partial charge in [-0.3, -0.25) is 4.99 Å². The Labute approximate surface area is 132 Å². The van der Waals surface area contributed by atoms with Crippen molar-refractivity contribution >= 4 is 17.3 Å². The van der Waals surface area contributed by atoms with Crippen molar-refractivity contribution < 1.29 is 0 Å². The number of likely N-dealkylation sites (tertiary alicyclic amines) is 1. The molecule has 1 aromatic heterocycles. The highest BCUT2D eigenvalue weighted by molar-refractivity contribution is 7.11. The first-order valence-corrected chi connectivity index (χ1v) is 8.42. The Morgan fingerprint density at radius 3 is 2.43 bits per heavy atom. The maximum Gasteiger partial charge on any atom is 0.194 e. The molecule has 0 aliphatic carbocycles. The number of hydrogen-bond donors (Lipinski definition) is 1. The van der Waals surface area contributed by atoms with Crippen LogP contribution in [0, 0.1) is 19.3 Å². The Hall–Kier alpha value is -1.10. The lowest BCUT2D eigenvalue weighted by molar-refractivity contribution is -0.0666. The second-order valence-electron chi connectivity index (χ2n) is 6.99. The maximum atomic E-state index is 4.48. The van der Waals surface area contributed by atoms with E-state index in [2.05, 4.69) is 61.7 Å². The minimum Gasteiger partial charge on any atom is -0.356 e. The van der Waals surface area contributed by atoms with Gasteiger partial charge in [0.05, 0.1) is 10.7 Å². The molecule has 2 heterocycles. The van der Waals surface area contributed by atoms with Crippen LogP contribution in [0.1, 0.15) is 43.3 Å². The zero-order chi connectivity index (χ0) is 15.8. The number of nitrogens with one attached hydrogen (secondary N) is 1. The van der Waals surface area contributed by atoms with Gasteiger partial charge >= 0.3 is 0 Å². The van der Waals surface area contributed by atoms with E-state index in [-0.39, 0.29) is 5.54 Å². The molecule has 21 heavy (non-hydrogen) atoms. The third kappa shape index (κ3) is 2.93. The van der Waals surface area contributed by atoms with Crippen molar-refractivity contribution in [2.45, 2.75) is 53.5 Å². The zero-order valence-corrected chi connectivity index (χ0v) is 15.2. The molecule has 0 unspecified atom stereocenters. The van der Waals surface area contributed by atoms with Gasteiger partial charge in [-0.2, -0.15) is 0 Å². The summed E-state index contributed by atoms with van der Waals surface area (Å²) in [4.78, 5) is 12.7. The predicted octanol–water partition coefficient (Wildman–Crippen LogP) is 3.00. The minimum absolute atomic E-state index is 0.145. The number of aromatic nitrogens is 1. The van der Waals surface area contributed by atoms with Crippen LogP contribution in [-0.4, -0.2) is 41.5 Å². The molecule has 4 nitrogen and oxygen atoms in total. The second-order valence-corrected chi connectivity index (χ2v) is 8.28. The summed E-state index contributed by atoms with van der Waals surface area (Å²) < 4.78 is 0. The fourth-order valence-corrected chi connectivity index (χ4v) is 3.73. The van der Waals surface area contributed by atoms with Crippen LogP contribution >= 0.6 is 11.3 Å². The summed E-state index contributed by atoms with van der Waals surface area (Å²) in [7, 11) is 1.87. The van der Waals surface area contributed by atoms with Crippen molar-refractivity contribution in [1.29, 1.82) is 0 Å². The van der Waals surface area contributed by atoms with Crippen molar-refractivity contribution in [3.63, 3.8) is 0 Å².